The molecule has 0 atom stereocenters. The molecular formula is C18H19FN2O2S. The van der Waals surface area contributed by atoms with Crippen molar-refractivity contribution >= 4 is 17.5 Å². The maximum atomic E-state index is 14.0. The van der Waals surface area contributed by atoms with E-state index in [1.165, 1.54) is 18.6 Å². The largest absolute Gasteiger partial charge is 0.481 e. The number of hydrogen-bond donors (Lipinski definition) is 0. The molecule has 0 bridgehead atoms. The van der Waals surface area contributed by atoms with E-state index in [0.29, 0.717) is 12.4 Å². The molecule has 0 saturated heterocycles. The molecule has 0 saturated carbocycles. The van der Waals surface area contributed by atoms with Crippen LogP contribution in [0.25, 0.3) is 0 Å². The normalized spacial score (nSPS) is 14.8. The molecule has 0 amide bonds. The first kappa shape index (κ1) is 16.9. The number of ketones is 1. The van der Waals surface area contributed by atoms with E-state index in [-0.39, 0.29) is 11.3 Å². The first-order valence-corrected chi connectivity index (χ1v) is 8.73. The SMILES string of the molecule is COc1cc2c(cn1)SCCN(Cc1ccc(C(C)=O)c(F)c1)C2. The molecule has 24 heavy (non-hydrogen) atoms. The van der Waals surface area contributed by atoms with Crippen LogP contribution in [-0.2, 0) is 13.1 Å². The van der Waals surface area contributed by atoms with E-state index in [4.69, 9.17) is 4.74 Å². The Bertz CT molecular complexity index is 767. The van der Waals surface area contributed by atoms with Crippen LogP contribution in [0, 0.1) is 5.82 Å². The molecule has 2 heterocycles. The number of nitrogens with zero attached hydrogens (tertiary/aromatic N) is 2. The third-order valence-electron chi connectivity index (χ3n) is 4.01. The highest BCUT2D eigenvalue weighted by Crippen LogP contribution is 2.29. The number of ether oxygens (including phenoxy) is 1. The number of rotatable bonds is 4. The lowest BCUT2D eigenvalue weighted by Gasteiger charge is -2.20. The molecule has 0 aliphatic carbocycles. The standard InChI is InChI=1S/C18H19FN2O2S/c1-12(22)15-4-3-13(7-16(15)19)10-21-5-6-24-17-9-20-18(23-2)8-14(17)11-21/h3-4,7-9H,5-6,10-11H2,1-2H3. The lowest BCUT2D eigenvalue weighted by atomic mass is 10.1. The van der Waals surface area contributed by atoms with E-state index in [2.05, 4.69) is 9.88 Å². The number of aromatic nitrogens is 1. The summed E-state index contributed by atoms with van der Waals surface area (Å²) in [5.74, 6) is 0.858. The Morgan fingerprint density at radius 3 is 2.96 bits per heavy atom. The minimum absolute atomic E-state index is 0.145. The summed E-state index contributed by atoms with van der Waals surface area (Å²) in [4.78, 5) is 19.0. The number of methoxy groups -OCH3 is 1. The highest BCUT2D eigenvalue weighted by atomic mass is 32.2. The van der Waals surface area contributed by atoms with Crippen molar-refractivity contribution in [1.29, 1.82) is 0 Å². The summed E-state index contributed by atoms with van der Waals surface area (Å²) in [5.41, 5.74) is 2.18. The van der Waals surface area contributed by atoms with Crippen LogP contribution in [0.1, 0.15) is 28.4 Å². The van der Waals surface area contributed by atoms with Gasteiger partial charge in [-0.3, -0.25) is 9.69 Å². The van der Waals surface area contributed by atoms with E-state index in [9.17, 15) is 9.18 Å². The van der Waals surface area contributed by atoms with Gasteiger partial charge in [0.15, 0.2) is 5.78 Å². The Kier molecular flexibility index (Phi) is 5.16. The predicted molar refractivity (Wildman–Crippen MR) is 92.0 cm³/mol. The zero-order valence-corrected chi connectivity index (χ0v) is 14.5. The summed E-state index contributed by atoms with van der Waals surface area (Å²) in [6.07, 6.45) is 1.85. The lowest BCUT2D eigenvalue weighted by Crippen LogP contribution is -2.24. The van der Waals surface area contributed by atoms with Crippen molar-refractivity contribution < 1.29 is 13.9 Å². The van der Waals surface area contributed by atoms with E-state index in [0.717, 1.165) is 29.3 Å². The molecule has 0 unspecified atom stereocenters. The van der Waals surface area contributed by atoms with Crippen LogP contribution in [0.15, 0.2) is 35.4 Å². The number of carbonyl (C=O) groups excluding carboxylic acids is 1. The summed E-state index contributed by atoms with van der Waals surface area (Å²) in [5, 5.41) is 0. The molecule has 1 aromatic heterocycles. The molecule has 0 spiro atoms. The van der Waals surface area contributed by atoms with Crippen molar-refractivity contribution in [3.05, 3.63) is 53.0 Å². The fourth-order valence-electron chi connectivity index (χ4n) is 2.77. The maximum absolute atomic E-state index is 14.0. The van der Waals surface area contributed by atoms with Gasteiger partial charge in [0, 0.05) is 42.5 Å². The Hall–Kier alpha value is -1.92. The zero-order valence-electron chi connectivity index (χ0n) is 13.7. The van der Waals surface area contributed by atoms with Crippen molar-refractivity contribution in [3.63, 3.8) is 0 Å². The quantitative estimate of drug-likeness (QED) is 0.792. The van der Waals surface area contributed by atoms with Crippen LogP contribution < -0.4 is 4.74 Å². The molecule has 0 radical (unpaired) electrons. The summed E-state index contributed by atoms with van der Waals surface area (Å²) < 4.78 is 19.2. The van der Waals surface area contributed by atoms with Gasteiger partial charge in [-0.15, -0.1) is 11.8 Å². The second-order valence-electron chi connectivity index (χ2n) is 5.76. The van der Waals surface area contributed by atoms with Gasteiger partial charge in [-0.05, 0) is 30.2 Å². The number of fused-ring (bicyclic) bond motifs is 1. The molecule has 0 N–H and O–H groups in total. The molecule has 1 aliphatic heterocycles. The molecule has 1 aliphatic rings. The first-order chi connectivity index (χ1) is 11.6. The average molecular weight is 346 g/mol. The van der Waals surface area contributed by atoms with Gasteiger partial charge in [0.1, 0.15) is 5.82 Å². The van der Waals surface area contributed by atoms with Crippen LogP contribution >= 0.6 is 11.8 Å². The molecule has 1 aromatic carbocycles. The van der Waals surface area contributed by atoms with Gasteiger partial charge in [0.2, 0.25) is 5.88 Å². The number of carbonyl (C=O) groups is 1. The van der Waals surface area contributed by atoms with Gasteiger partial charge in [-0.1, -0.05) is 6.07 Å². The number of halogens is 1. The van der Waals surface area contributed by atoms with Crippen molar-refractivity contribution in [2.24, 2.45) is 0 Å². The fraction of sp³-hybridized carbons (Fsp3) is 0.333. The Labute approximate surface area is 145 Å². The minimum Gasteiger partial charge on any atom is -0.481 e. The van der Waals surface area contributed by atoms with Crippen molar-refractivity contribution in [2.75, 3.05) is 19.4 Å². The highest BCUT2D eigenvalue weighted by molar-refractivity contribution is 7.99. The van der Waals surface area contributed by atoms with Gasteiger partial charge in [-0.25, -0.2) is 9.37 Å². The Morgan fingerprint density at radius 2 is 2.25 bits per heavy atom. The Morgan fingerprint density at radius 1 is 1.42 bits per heavy atom. The van der Waals surface area contributed by atoms with Crippen molar-refractivity contribution in [3.8, 4) is 5.88 Å². The van der Waals surface area contributed by atoms with E-state index < -0.39 is 5.82 Å². The van der Waals surface area contributed by atoms with Gasteiger partial charge in [0.25, 0.3) is 0 Å². The zero-order chi connectivity index (χ0) is 17.1. The van der Waals surface area contributed by atoms with Crippen LogP contribution in [0.2, 0.25) is 0 Å². The van der Waals surface area contributed by atoms with Gasteiger partial charge < -0.3 is 4.74 Å². The van der Waals surface area contributed by atoms with Crippen LogP contribution in [0.5, 0.6) is 5.88 Å². The number of thioether (sulfide) groups is 1. The van der Waals surface area contributed by atoms with Crippen molar-refractivity contribution in [2.45, 2.75) is 24.9 Å². The summed E-state index contributed by atoms with van der Waals surface area (Å²) in [6, 6.07) is 6.81. The van der Waals surface area contributed by atoms with Crippen LogP contribution in [0.3, 0.4) is 0 Å². The third kappa shape index (κ3) is 3.76. The topological polar surface area (TPSA) is 42.4 Å². The molecule has 0 fully saturated rings. The smallest absolute Gasteiger partial charge is 0.213 e. The summed E-state index contributed by atoms with van der Waals surface area (Å²) >= 11 is 1.77. The number of pyridine rings is 1. The Balaban J connectivity index is 1.78. The van der Waals surface area contributed by atoms with Gasteiger partial charge >= 0.3 is 0 Å². The predicted octanol–water partition coefficient (Wildman–Crippen LogP) is 3.54. The van der Waals surface area contributed by atoms with E-state index in [1.54, 1.807) is 24.9 Å². The first-order valence-electron chi connectivity index (χ1n) is 7.74. The second-order valence-corrected chi connectivity index (χ2v) is 6.90. The maximum Gasteiger partial charge on any atom is 0.213 e. The number of Topliss-reactive ketones (excluding diaryl/α,β-unsaturated/α-hetero) is 1. The monoisotopic (exact) mass is 346 g/mol. The second kappa shape index (κ2) is 7.32. The average Bonchev–Trinajstić information content (AvgIpc) is 2.75. The van der Waals surface area contributed by atoms with Crippen LogP contribution in [-0.4, -0.2) is 35.1 Å². The summed E-state index contributed by atoms with van der Waals surface area (Å²) in [6.45, 7) is 3.68. The molecular weight excluding hydrogens is 327 g/mol. The molecule has 4 nitrogen and oxygen atoms in total. The summed E-state index contributed by atoms with van der Waals surface area (Å²) in [7, 11) is 1.61. The lowest BCUT2D eigenvalue weighted by molar-refractivity contribution is 0.101. The van der Waals surface area contributed by atoms with E-state index in [1.807, 2.05) is 18.3 Å². The van der Waals surface area contributed by atoms with E-state index >= 15 is 0 Å². The third-order valence-corrected chi connectivity index (χ3v) is 5.08. The molecule has 6 heteroatoms. The number of hydrogen-bond acceptors (Lipinski definition) is 5. The minimum atomic E-state index is -0.449. The van der Waals surface area contributed by atoms with Gasteiger partial charge in [0.05, 0.1) is 12.7 Å². The highest BCUT2D eigenvalue weighted by Gasteiger charge is 2.17. The van der Waals surface area contributed by atoms with Gasteiger partial charge in [-0.2, -0.15) is 0 Å². The van der Waals surface area contributed by atoms with Crippen molar-refractivity contribution in [1.82, 2.24) is 9.88 Å². The van der Waals surface area contributed by atoms with Crippen LogP contribution in [0.4, 0.5) is 4.39 Å². The molecule has 2 aromatic rings. The fourth-order valence-corrected chi connectivity index (χ4v) is 3.77. The number of benzene rings is 1. The molecule has 3 rings (SSSR count). The molecule has 126 valence electrons.